The summed E-state index contributed by atoms with van der Waals surface area (Å²) in [5.41, 5.74) is 1.87. The molecule has 2 aromatic carbocycles. The van der Waals surface area contributed by atoms with Gasteiger partial charge >= 0.3 is 0 Å². The van der Waals surface area contributed by atoms with Crippen molar-refractivity contribution in [3.05, 3.63) is 70.8 Å². The van der Waals surface area contributed by atoms with Gasteiger partial charge in [0.1, 0.15) is 17.4 Å². The highest BCUT2D eigenvalue weighted by atomic mass is 35.5. The summed E-state index contributed by atoms with van der Waals surface area (Å²) in [6, 6.07) is 10.3. The number of piperazine rings is 1. The molecule has 0 N–H and O–H groups in total. The molecule has 0 saturated carbocycles. The zero-order valence-corrected chi connectivity index (χ0v) is 25.1. The van der Waals surface area contributed by atoms with Crippen molar-refractivity contribution in [2.75, 3.05) is 69.2 Å². The molecule has 2 aromatic rings. The number of benzene rings is 2. The molecular formula is C28H39ClF2N4OS2. The molecule has 2 saturated heterocycles. The number of methoxy groups -OCH3 is 1. The fourth-order valence-corrected chi connectivity index (χ4v) is 6.27. The van der Waals surface area contributed by atoms with E-state index in [0.717, 1.165) is 57.3 Å². The van der Waals surface area contributed by atoms with Gasteiger partial charge in [-0.1, -0.05) is 56.1 Å². The molecule has 0 spiro atoms. The molecule has 0 atom stereocenters. The maximum absolute atomic E-state index is 14.9. The minimum Gasteiger partial charge on any atom is -0.497 e. The second-order valence-corrected chi connectivity index (χ2v) is 11.4. The highest BCUT2D eigenvalue weighted by Crippen LogP contribution is 2.30. The Morgan fingerprint density at radius 3 is 2.39 bits per heavy atom. The first-order valence-electron chi connectivity index (χ1n) is 13.0. The van der Waals surface area contributed by atoms with Gasteiger partial charge in [0.2, 0.25) is 0 Å². The van der Waals surface area contributed by atoms with E-state index in [9.17, 15) is 8.78 Å². The highest BCUT2D eigenvalue weighted by Gasteiger charge is 2.33. The number of hydrogen-bond donors (Lipinski definition) is 0. The maximum atomic E-state index is 14.9. The maximum Gasteiger partial charge on any atom is 0.141 e. The van der Waals surface area contributed by atoms with Crippen LogP contribution in [0.1, 0.15) is 25.0 Å². The lowest BCUT2D eigenvalue weighted by atomic mass is 10.1. The molecular weight excluding hydrogens is 546 g/mol. The number of hydrogen-bond acceptors (Lipinski definition) is 7. The minimum atomic E-state index is -0.469. The van der Waals surface area contributed by atoms with Crippen LogP contribution in [0, 0.1) is 11.6 Å². The van der Waals surface area contributed by atoms with Crippen LogP contribution in [0.5, 0.6) is 0 Å². The summed E-state index contributed by atoms with van der Waals surface area (Å²) in [6.07, 6.45) is 2.14. The van der Waals surface area contributed by atoms with E-state index in [1.165, 1.54) is 19.2 Å². The summed E-state index contributed by atoms with van der Waals surface area (Å²) >= 11 is 9.50. The highest BCUT2D eigenvalue weighted by molar-refractivity contribution is 8.00. The third kappa shape index (κ3) is 8.26. The topological polar surface area (TPSA) is 22.2 Å². The normalized spacial score (nSPS) is 16.9. The zero-order valence-electron chi connectivity index (χ0n) is 22.8. The molecule has 0 amide bonds. The Morgan fingerprint density at radius 1 is 1.08 bits per heavy atom. The second-order valence-electron chi connectivity index (χ2n) is 8.96. The van der Waals surface area contributed by atoms with Crippen molar-refractivity contribution in [1.29, 1.82) is 0 Å². The fourth-order valence-electron chi connectivity index (χ4n) is 4.40. The number of ether oxygens (including phenoxy) is 1. The Hall–Kier alpha value is -1.49. The predicted octanol–water partition coefficient (Wildman–Crippen LogP) is 6.50. The van der Waals surface area contributed by atoms with E-state index < -0.39 is 5.82 Å². The van der Waals surface area contributed by atoms with Gasteiger partial charge in [-0.2, -0.15) is 0 Å². The third-order valence-electron chi connectivity index (χ3n) is 6.79. The first-order valence-corrected chi connectivity index (χ1v) is 15.5. The molecule has 2 aliphatic rings. The Balaban J connectivity index is 0.00000195. The Labute approximate surface area is 240 Å². The van der Waals surface area contributed by atoms with Crippen molar-refractivity contribution in [2.24, 2.45) is 0 Å². The van der Waals surface area contributed by atoms with E-state index in [1.807, 2.05) is 30.1 Å². The molecule has 0 unspecified atom stereocenters. The van der Waals surface area contributed by atoms with E-state index in [0.29, 0.717) is 29.5 Å². The van der Waals surface area contributed by atoms with Crippen molar-refractivity contribution < 1.29 is 13.5 Å². The molecule has 210 valence electrons. The summed E-state index contributed by atoms with van der Waals surface area (Å²) in [7, 11) is 1.51. The monoisotopic (exact) mass is 584 g/mol. The number of halogens is 3. The molecule has 0 aliphatic carbocycles. The molecule has 0 bridgehead atoms. The van der Waals surface area contributed by atoms with Crippen molar-refractivity contribution in [3.8, 4) is 0 Å². The van der Waals surface area contributed by atoms with E-state index in [-0.39, 0.29) is 10.8 Å². The van der Waals surface area contributed by atoms with E-state index in [4.69, 9.17) is 16.3 Å². The van der Waals surface area contributed by atoms with Crippen LogP contribution < -0.4 is 4.31 Å². The summed E-state index contributed by atoms with van der Waals surface area (Å²) in [4.78, 5) is 5.09. The lowest BCUT2D eigenvalue weighted by molar-refractivity contribution is 0.0470. The molecule has 0 aromatic heterocycles. The Kier molecular flexibility index (Phi) is 12.5. The fraction of sp³-hybridized carbons (Fsp3) is 0.500. The molecule has 10 heteroatoms. The van der Waals surface area contributed by atoms with Crippen molar-refractivity contribution in [3.63, 3.8) is 0 Å². The van der Waals surface area contributed by atoms with Crippen molar-refractivity contribution in [1.82, 2.24) is 14.1 Å². The van der Waals surface area contributed by atoms with Crippen LogP contribution in [0.15, 0.2) is 43.0 Å². The van der Waals surface area contributed by atoms with Gasteiger partial charge in [0.25, 0.3) is 0 Å². The first-order chi connectivity index (χ1) is 18.4. The SMILES string of the molecule is C=C(OC)c1ccc(CN(SCCN2CCN(C3CN(SC)C3)CC2)c2ccc(F)c(Cl)c2)c(F)c1.CC. The molecule has 2 aliphatic heterocycles. The third-order valence-corrected chi connectivity index (χ3v) is 8.91. The van der Waals surface area contributed by atoms with Gasteiger partial charge in [-0.15, -0.1) is 0 Å². The summed E-state index contributed by atoms with van der Waals surface area (Å²) in [6.45, 7) is 15.7. The molecule has 4 rings (SSSR count). The van der Waals surface area contributed by atoms with E-state index >= 15 is 0 Å². The van der Waals surface area contributed by atoms with Gasteiger partial charge in [0, 0.05) is 74.4 Å². The van der Waals surface area contributed by atoms with Crippen molar-refractivity contribution in [2.45, 2.75) is 26.4 Å². The molecule has 2 heterocycles. The zero-order chi connectivity index (χ0) is 27.7. The smallest absolute Gasteiger partial charge is 0.141 e. The number of nitrogens with zero attached hydrogens (tertiary/aromatic N) is 4. The summed E-state index contributed by atoms with van der Waals surface area (Å²) < 4.78 is 38.2. The molecule has 2 fully saturated rings. The predicted molar refractivity (Wildman–Crippen MR) is 161 cm³/mol. The lowest BCUT2D eigenvalue weighted by Gasteiger charge is -2.47. The van der Waals surface area contributed by atoms with Crippen molar-refractivity contribution >= 4 is 46.9 Å². The van der Waals surface area contributed by atoms with E-state index in [1.54, 1.807) is 36.2 Å². The van der Waals surface area contributed by atoms with Crippen LogP contribution in [0.4, 0.5) is 14.5 Å². The van der Waals surface area contributed by atoms with Gasteiger partial charge in [-0.25, -0.2) is 13.1 Å². The van der Waals surface area contributed by atoms with Crippen LogP contribution in [-0.2, 0) is 11.3 Å². The van der Waals surface area contributed by atoms with Crippen LogP contribution >= 0.6 is 35.5 Å². The van der Waals surface area contributed by atoms with Gasteiger partial charge in [-0.3, -0.25) is 9.80 Å². The first kappa shape index (κ1) is 31.0. The molecule has 38 heavy (non-hydrogen) atoms. The number of rotatable bonds is 11. The number of anilines is 1. The quantitative estimate of drug-likeness (QED) is 0.219. The van der Waals surface area contributed by atoms with Gasteiger partial charge in [0.05, 0.1) is 18.7 Å². The Bertz CT molecular complexity index is 1050. The van der Waals surface area contributed by atoms with Gasteiger partial charge < -0.3 is 9.04 Å². The summed E-state index contributed by atoms with van der Waals surface area (Å²) in [5.74, 6) is 0.440. The average molecular weight is 585 g/mol. The van der Waals surface area contributed by atoms with Gasteiger partial charge in [-0.05, 0) is 42.5 Å². The van der Waals surface area contributed by atoms with Crippen LogP contribution in [0.25, 0.3) is 5.76 Å². The minimum absolute atomic E-state index is 0.0532. The van der Waals surface area contributed by atoms with Crippen LogP contribution in [0.2, 0.25) is 5.02 Å². The van der Waals surface area contributed by atoms with Crippen LogP contribution in [0.3, 0.4) is 0 Å². The second kappa shape index (κ2) is 15.3. The molecule has 0 radical (unpaired) electrons. The standard InChI is InChI=1S/C26H33ClF2N4OS2.C2H6/c1-19(34-2)20-4-5-21(26(29)14-20)16-33(22-6-7-25(28)24(27)15-22)36-13-12-30-8-10-31(11-9-30)23-17-32(18-23)35-3;1-2/h4-7,14-15,23H,1,8-13,16-18H2,2-3H3;1-2H3. The molecule has 5 nitrogen and oxygen atoms in total. The van der Waals surface area contributed by atoms with E-state index in [2.05, 4.69) is 26.9 Å². The van der Waals surface area contributed by atoms with Crippen LogP contribution in [-0.4, -0.2) is 85.1 Å². The Morgan fingerprint density at radius 2 is 1.79 bits per heavy atom. The van der Waals surface area contributed by atoms with Gasteiger partial charge in [0.15, 0.2) is 0 Å². The largest absolute Gasteiger partial charge is 0.497 e. The lowest BCUT2D eigenvalue weighted by Crippen LogP contribution is -2.61. The summed E-state index contributed by atoms with van der Waals surface area (Å²) in [5, 5.41) is 0.0532. The average Bonchev–Trinajstić information content (AvgIpc) is 2.91.